The van der Waals surface area contributed by atoms with E-state index in [0.717, 1.165) is 30.0 Å². The smallest absolute Gasteiger partial charge is 0.119 e. The predicted molar refractivity (Wildman–Crippen MR) is 82.3 cm³/mol. The van der Waals surface area contributed by atoms with Crippen LogP contribution in [0.4, 0.5) is 5.69 Å². The summed E-state index contributed by atoms with van der Waals surface area (Å²) in [6.07, 6.45) is 1.94. The Balaban J connectivity index is 1.57. The highest BCUT2D eigenvalue weighted by Gasteiger charge is 1.96. The fraction of sp³-hybridized carbons (Fsp3) is 0.294. The van der Waals surface area contributed by atoms with Crippen molar-refractivity contribution in [1.82, 2.24) is 0 Å². The maximum atomic E-state index is 5.66. The minimum absolute atomic E-state index is 0.696. The zero-order chi connectivity index (χ0) is 14.2. The van der Waals surface area contributed by atoms with Crippen LogP contribution in [0.25, 0.3) is 0 Å². The van der Waals surface area contributed by atoms with Gasteiger partial charge in [0.1, 0.15) is 11.5 Å². The molecule has 2 aromatic carbocycles. The first-order chi connectivity index (χ1) is 9.74. The van der Waals surface area contributed by atoms with E-state index < -0.39 is 0 Å². The Morgan fingerprint density at radius 1 is 0.750 bits per heavy atom. The number of benzene rings is 2. The quantitative estimate of drug-likeness (QED) is 0.615. The highest BCUT2D eigenvalue weighted by Crippen LogP contribution is 2.14. The van der Waals surface area contributed by atoms with Crippen molar-refractivity contribution in [2.24, 2.45) is 0 Å². The van der Waals surface area contributed by atoms with E-state index in [1.54, 1.807) is 0 Å². The third-order valence-electron chi connectivity index (χ3n) is 2.98. The lowest BCUT2D eigenvalue weighted by molar-refractivity contribution is 0.266. The lowest BCUT2D eigenvalue weighted by Gasteiger charge is -2.08. The molecule has 0 unspecified atom stereocenters. The van der Waals surface area contributed by atoms with Crippen molar-refractivity contribution in [3.8, 4) is 11.5 Å². The molecule has 0 atom stereocenters. The molecule has 3 heteroatoms. The zero-order valence-corrected chi connectivity index (χ0v) is 11.8. The van der Waals surface area contributed by atoms with Crippen LogP contribution < -0.4 is 15.2 Å². The number of hydrogen-bond acceptors (Lipinski definition) is 3. The van der Waals surface area contributed by atoms with Crippen LogP contribution >= 0.6 is 0 Å². The first-order valence-corrected chi connectivity index (χ1v) is 6.92. The highest BCUT2D eigenvalue weighted by atomic mass is 16.5. The van der Waals surface area contributed by atoms with Gasteiger partial charge in [-0.1, -0.05) is 17.7 Å². The van der Waals surface area contributed by atoms with Gasteiger partial charge < -0.3 is 15.2 Å². The summed E-state index contributed by atoms with van der Waals surface area (Å²) >= 11 is 0. The number of rotatable bonds is 7. The Hall–Kier alpha value is -2.16. The average Bonchev–Trinajstić information content (AvgIpc) is 2.46. The lowest BCUT2D eigenvalue weighted by Crippen LogP contribution is -2.02. The monoisotopic (exact) mass is 271 g/mol. The number of aryl methyl sites for hydroxylation is 1. The average molecular weight is 271 g/mol. The van der Waals surface area contributed by atoms with Gasteiger partial charge in [-0.3, -0.25) is 0 Å². The van der Waals surface area contributed by atoms with Crippen molar-refractivity contribution in [3.05, 3.63) is 54.1 Å². The molecule has 0 aliphatic carbocycles. The van der Waals surface area contributed by atoms with Gasteiger partial charge in [0, 0.05) is 5.69 Å². The molecule has 0 spiro atoms. The molecule has 0 bridgehead atoms. The van der Waals surface area contributed by atoms with Gasteiger partial charge in [-0.15, -0.1) is 0 Å². The number of unbranched alkanes of at least 4 members (excludes halogenated alkanes) is 1. The summed E-state index contributed by atoms with van der Waals surface area (Å²) in [5.74, 6) is 1.79. The van der Waals surface area contributed by atoms with Gasteiger partial charge in [0.25, 0.3) is 0 Å². The maximum absolute atomic E-state index is 5.66. The summed E-state index contributed by atoms with van der Waals surface area (Å²) in [5.41, 5.74) is 7.61. The van der Waals surface area contributed by atoms with Crippen molar-refractivity contribution >= 4 is 5.69 Å². The van der Waals surface area contributed by atoms with Crippen LogP contribution in [0.2, 0.25) is 0 Å². The molecule has 0 radical (unpaired) electrons. The SMILES string of the molecule is Cc1ccc(OCCCCOc2ccc(N)cc2)cc1. The van der Waals surface area contributed by atoms with E-state index in [9.17, 15) is 0 Å². The van der Waals surface area contributed by atoms with E-state index in [4.69, 9.17) is 15.2 Å². The topological polar surface area (TPSA) is 44.5 Å². The minimum atomic E-state index is 0.696. The molecule has 20 heavy (non-hydrogen) atoms. The van der Waals surface area contributed by atoms with Crippen molar-refractivity contribution in [3.63, 3.8) is 0 Å². The molecule has 3 nitrogen and oxygen atoms in total. The number of anilines is 1. The number of nitrogen functional groups attached to an aromatic ring is 1. The van der Waals surface area contributed by atoms with Crippen LogP contribution in [0.5, 0.6) is 11.5 Å². The van der Waals surface area contributed by atoms with Crippen molar-refractivity contribution in [2.45, 2.75) is 19.8 Å². The van der Waals surface area contributed by atoms with E-state index in [0.29, 0.717) is 13.2 Å². The van der Waals surface area contributed by atoms with Crippen molar-refractivity contribution in [2.75, 3.05) is 18.9 Å². The normalized spacial score (nSPS) is 10.2. The Morgan fingerprint density at radius 3 is 1.70 bits per heavy atom. The van der Waals surface area contributed by atoms with Gasteiger partial charge in [0.15, 0.2) is 0 Å². The highest BCUT2D eigenvalue weighted by molar-refractivity contribution is 5.41. The van der Waals surface area contributed by atoms with Gasteiger partial charge in [-0.25, -0.2) is 0 Å². The van der Waals surface area contributed by atoms with E-state index in [1.807, 2.05) is 36.4 Å². The summed E-state index contributed by atoms with van der Waals surface area (Å²) in [6, 6.07) is 15.6. The molecule has 0 aliphatic heterocycles. The number of nitrogens with two attached hydrogens (primary N) is 1. The van der Waals surface area contributed by atoms with Gasteiger partial charge in [-0.05, 0) is 56.2 Å². The zero-order valence-electron chi connectivity index (χ0n) is 11.8. The van der Waals surface area contributed by atoms with Crippen molar-refractivity contribution in [1.29, 1.82) is 0 Å². The van der Waals surface area contributed by atoms with Crippen molar-refractivity contribution < 1.29 is 9.47 Å². The molecule has 0 heterocycles. The molecule has 2 N–H and O–H groups in total. The molecule has 0 aromatic heterocycles. The lowest BCUT2D eigenvalue weighted by atomic mass is 10.2. The number of ether oxygens (including phenoxy) is 2. The maximum Gasteiger partial charge on any atom is 0.119 e. The van der Waals surface area contributed by atoms with Gasteiger partial charge >= 0.3 is 0 Å². The summed E-state index contributed by atoms with van der Waals surface area (Å²) in [4.78, 5) is 0. The largest absolute Gasteiger partial charge is 0.494 e. The molecule has 2 rings (SSSR count). The summed E-state index contributed by atoms with van der Waals surface area (Å²) in [7, 11) is 0. The minimum Gasteiger partial charge on any atom is -0.494 e. The van der Waals surface area contributed by atoms with E-state index >= 15 is 0 Å². The number of hydrogen-bond donors (Lipinski definition) is 1. The molecule has 0 amide bonds. The van der Waals surface area contributed by atoms with Gasteiger partial charge in [-0.2, -0.15) is 0 Å². The summed E-state index contributed by atoms with van der Waals surface area (Å²) < 4.78 is 11.3. The predicted octanol–water partition coefficient (Wildman–Crippen LogP) is 3.82. The van der Waals surface area contributed by atoms with Crippen LogP contribution in [0, 0.1) is 6.92 Å². The fourth-order valence-corrected chi connectivity index (χ4v) is 1.78. The van der Waals surface area contributed by atoms with Crippen LogP contribution in [0.15, 0.2) is 48.5 Å². The first-order valence-electron chi connectivity index (χ1n) is 6.92. The van der Waals surface area contributed by atoms with E-state index in [1.165, 1.54) is 5.56 Å². The second kappa shape index (κ2) is 7.43. The van der Waals surface area contributed by atoms with Crippen LogP contribution in [-0.2, 0) is 0 Å². The molecule has 0 fully saturated rings. The molecular formula is C17H21NO2. The molecular weight excluding hydrogens is 250 g/mol. The first kappa shape index (κ1) is 14.3. The molecule has 2 aromatic rings. The van der Waals surface area contributed by atoms with Gasteiger partial charge in [0.05, 0.1) is 13.2 Å². The van der Waals surface area contributed by atoms with Crippen LogP contribution in [0.3, 0.4) is 0 Å². The van der Waals surface area contributed by atoms with E-state index in [2.05, 4.69) is 19.1 Å². The van der Waals surface area contributed by atoms with Gasteiger partial charge in [0.2, 0.25) is 0 Å². The molecule has 106 valence electrons. The van der Waals surface area contributed by atoms with E-state index in [-0.39, 0.29) is 0 Å². The standard InChI is InChI=1S/C17H21NO2/c1-14-4-8-16(9-5-14)19-12-2-3-13-20-17-10-6-15(18)7-11-17/h4-11H,2-3,12-13,18H2,1H3. The summed E-state index contributed by atoms with van der Waals surface area (Å²) in [6.45, 7) is 3.48. The van der Waals surface area contributed by atoms with Crippen LogP contribution in [-0.4, -0.2) is 13.2 Å². The summed E-state index contributed by atoms with van der Waals surface area (Å²) in [5, 5.41) is 0. The third kappa shape index (κ3) is 4.84. The Bertz CT molecular complexity index is 456. The second-order valence-electron chi connectivity index (χ2n) is 4.79. The third-order valence-corrected chi connectivity index (χ3v) is 2.98. The second-order valence-corrected chi connectivity index (χ2v) is 4.79. The molecule has 0 aliphatic rings. The Morgan fingerprint density at radius 2 is 1.20 bits per heavy atom. The molecule has 0 saturated carbocycles. The Labute approximate surface area is 120 Å². The van der Waals surface area contributed by atoms with Crippen LogP contribution in [0.1, 0.15) is 18.4 Å². The Kier molecular flexibility index (Phi) is 5.30. The molecule has 0 saturated heterocycles. The fourth-order valence-electron chi connectivity index (χ4n) is 1.78.